The van der Waals surface area contributed by atoms with Crippen molar-refractivity contribution >= 4 is 0 Å². The van der Waals surface area contributed by atoms with E-state index < -0.39 is 0 Å². The molecule has 50 valence electrons. The van der Waals surface area contributed by atoms with Gasteiger partial charge in [0.15, 0.2) is 0 Å². The minimum Gasteiger partial charge on any atom is -1.00 e. The van der Waals surface area contributed by atoms with Gasteiger partial charge in [-0.05, 0) is 5.57 Å². The predicted octanol–water partition coefficient (Wildman–Crippen LogP) is -1.13. The summed E-state index contributed by atoms with van der Waals surface area (Å²) in [7, 11) is 0. The van der Waals surface area contributed by atoms with Crippen LogP contribution in [-0.4, -0.2) is 0 Å². The van der Waals surface area contributed by atoms with E-state index >= 15 is 0 Å². The Kier molecular flexibility index (Phi) is 8.42. The first-order valence-electron chi connectivity index (χ1n) is 2.26. The third-order valence-electron chi connectivity index (χ3n) is 0.843. The van der Waals surface area contributed by atoms with E-state index in [1.165, 1.54) is 0 Å². The van der Waals surface area contributed by atoms with Gasteiger partial charge in [0.1, 0.15) is 0 Å². The summed E-state index contributed by atoms with van der Waals surface area (Å²) in [4.78, 5) is 0. The molecule has 0 fully saturated rings. The Labute approximate surface area is 77.0 Å². The summed E-state index contributed by atoms with van der Waals surface area (Å²) in [6.07, 6.45) is 9.87. The number of allylic oxidation sites excluding steroid dienone is 5. The van der Waals surface area contributed by atoms with Crippen LogP contribution in [-0.2, 0) is 17.1 Å². The molecule has 0 saturated heterocycles. The molecule has 0 amide bonds. The standard InChI is InChI=1S/C7H7.BrH.Mn/c1-7-5-3-2-4-6-7;;/h2-6H,1H2;1H;/p-1. The third kappa shape index (κ3) is 4.71. The molecular formula is C7H7BrMn-. The van der Waals surface area contributed by atoms with Gasteiger partial charge in [0.2, 0.25) is 0 Å². The summed E-state index contributed by atoms with van der Waals surface area (Å²) >= 11 is 0. The van der Waals surface area contributed by atoms with Crippen LogP contribution in [0.5, 0.6) is 0 Å². The van der Waals surface area contributed by atoms with Crippen LogP contribution in [0.2, 0.25) is 0 Å². The van der Waals surface area contributed by atoms with Crippen molar-refractivity contribution in [3.05, 3.63) is 42.9 Å². The van der Waals surface area contributed by atoms with Gasteiger partial charge >= 0.3 is 0 Å². The SMILES string of the molecule is C=C1[CH]C=CC=C1.[Br-].[Mn]. The molecule has 0 aromatic heterocycles. The van der Waals surface area contributed by atoms with Crippen molar-refractivity contribution in [2.24, 2.45) is 0 Å². The van der Waals surface area contributed by atoms with E-state index in [0.29, 0.717) is 0 Å². The summed E-state index contributed by atoms with van der Waals surface area (Å²) in [6, 6.07) is 0. The van der Waals surface area contributed by atoms with Crippen molar-refractivity contribution in [2.45, 2.75) is 0 Å². The van der Waals surface area contributed by atoms with Crippen molar-refractivity contribution < 1.29 is 34.1 Å². The van der Waals surface area contributed by atoms with Crippen LogP contribution >= 0.6 is 0 Å². The van der Waals surface area contributed by atoms with Gasteiger partial charge in [-0.2, -0.15) is 0 Å². The molecule has 0 atom stereocenters. The maximum atomic E-state index is 3.72. The maximum Gasteiger partial charge on any atom is 0.0119 e. The second kappa shape index (κ2) is 6.34. The first-order chi connectivity index (χ1) is 3.39. The smallest absolute Gasteiger partial charge is 0.0119 e. The number of hydrogen-bond donors (Lipinski definition) is 0. The van der Waals surface area contributed by atoms with E-state index in [9.17, 15) is 0 Å². The Morgan fingerprint density at radius 3 is 2.00 bits per heavy atom. The van der Waals surface area contributed by atoms with Gasteiger partial charge in [0.25, 0.3) is 0 Å². The predicted molar refractivity (Wildman–Crippen MR) is 31.7 cm³/mol. The van der Waals surface area contributed by atoms with Crippen LogP contribution < -0.4 is 17.0 Å². The second-order valence-electron chi connectivity index (χ2n) is 1.49. The Hall–Kier alpha value is 0.219. The summed E-state index contributed by atoms with van der Waals surface area (Å²) in [5.41, 5.74) is 1.07. The molecule has 0 aromatic carbocycles. The molecule has 0 bridgehead atoms. The molecule has 0 saturated carbocycles. The molecule has 1 aliphatic carbocycles. The fraction of sp³-hybridized carbons (Fsp3) is 0. The molecule has 0 N–H and O–H groups in total. The van der Waals surface area contributed by atoms with Crippen molar-refractivity contribution in [3.63, 3.8) is 0 Å². The second-order valence-corrected chi connectivity index (χ2v) is 1.49. The Morgan fingerprint density at radius 1 is 1.11 bits per heavy atom. The molecule has 0 heterocycles. The van der Waals surface area contributed by atoms with Crippen LogP contribution in [0.4, 0.5) is 0 Å². The van der Waals surface area contributed by atoms with Crippen LogP contribution in [0.25, 0.3) is 0 Å². The third-order valence-corrected chi connectivity index (χ3v) is 0.843. The topological polar surface area (TPSA) is 0 Å². The van der Waals surface area contributed by atoms with E-state index in [4.69, 9.17) is 0 Å². The van der Waals surface area contributed by atoms with Gasteiger partial charge in [0.05, 0.1) is 0 Å². The fourth-order valence-electron chi connectivity index (χ4n) is 0.478. The Balaban J connectivity index is 0. The van der Waals surface area contributed by atoms with Crippen molar-refractivity contribution in [2.75, 3.05) is 0 Å². The molecule has 1 rings (SSSR count). The van der Waals surface area contributed by atoms with Gasteiger partial charge < -0.3 is 17.0 Å². The molecule has 9 heavy (non-hydrogen) atoms. The first kappa shape index (κ1) is 12.0. The first-order valence-corrected chi connectivity index (χ1v) is 2.26. The van der Waals surface area contributed by atoms with Crippen LogP contribution in [0.1, 0.15) is 0 Å². The maximum absolute atomic E-state index is 3.72. The Bertz CT molecular complexity index is 136. The molecule has 2 heteroatoms. The molecule has 1 aliphatic rings. The van der Waals surface area contributed by atoms with Crippen LogP contribution in [0.15, 0.2) is 36.5 Å². The molecule has 2 radical (unpaired) electrons. The zero-order chi connectivity index (χ0) is 5.11. The van der Waals surface area contributed by atoms with E-state index in [-0.39, 0.29) is 34.1 Å². The van der Waals surface area contributed by atoms with Gasteiger partial charge in [-0.1, -0.05) is 30.9 Å². The number of rotatable bonds is 0. The molecule has 0 aromatic rings. The average molecular weight is 226 g/mol. The molecule has 0 spiro atoms. The van der Waals surface area contributed by atoms with Crippen LogP contribution in [0.3, 0.4) is 0 Å². The molecule has 0 nitrogen and oxygen atoms in total. The summed E-state index contributed by atoms with van der Waals surface area (Å²) < 4.78 is 0. The zero-order valence-electron chi connectivity index (χ0n) is 4.85. The molecule has 0 aliphatic heterocycles. The normalized spacial score (nSPS) is 14.0. The van der Waals surface area contributed by atoms with Crippen LogP contribution in [0, 0.1) is 6.42 Å². The number of hydrogen-bond acceptors (Lipinski definition) is 0. The van der Waals surface area contributed by atoms with Gasteiger partial charge in [-0.15, -0.1) is 0 Å². The minimum atomic E-state index is 0. The van der Waals surface area contributed by atoms with Crippen molar-refractivity contribution in [1.29, 1.82) is 0 Å². The largest absolute Gasteiger partial charge is 1.00 e. The zero-order valence-corrected chi connectivity index (χ0v) is 7.62. The monoisotopic (exact) mass is 225 g/mol. The quantitative estimate of drug-likeness (QED) is 0.459. The molecular weight excluding hydrogens is 219 g/mol. The fourth-order valence-corrected chi connectivity index (χ4v) is 0.478. The average Bonchev–Trinajstić information content (AvgIpc) is 1.69. The summed E-state index contributed by atoms with van der Waals surface area (Å²) in [5, 5.41) is 0. The van der Waals surface area contributed by atoms with Crippen molar-refractivity contribution in [3.8, 4) is 0 Å². The van der Waals surface area contributed by atoms with E-state index in [2.05, 4.69) is 6.58 Å². The van der Waals surface area contributed by atoms with E-state index in [0.717, 1.165) is 5.57 Å². The number of halogens is 1. The Morgan fingerprint density at radius 2 is 1.78 bits per heavy atom. The van der Waals surface area contributed by atoms with Gasteiger partial charge in [0, 0.05) is 23.5 Å². The van der Waals surface area contributed by atoms with Gasteiger partial charge in [-0.3, -0.25) is 0 Å². The summed E-state index contributed by atoms with van der Waals surface area (Å²) in [6.45, 7) is 3.72. The minimum absolute atomic E-state index is 0. The van der Waals surface area contributed by atoms with E-state index in [1.54, 1.807) is 0 Å². The molecule has 0 unspecified atom stereocenters. The van der Waals surface area contributed by atoms with Crippen molar-refractivity contribution in [1.82, 2.24) is 0 Å². The van der Waals surface area contributed by atoms with E-state index in [1.807, 2.05) is 30.7 Å². The summed E-state index contributed by atoms with van der Waals surface area (Å²) in [5.74, 6) is 0. The van der Waals surface area contributed by atoms with Gasteiger partial charge in [-0.25, -0.2) is 0 Å².